The van der Waals surface area contributed by atoms with Gasteiger partial charge in [0.15, 0.2) is 0 Å². The number of hydrogen-bond donors (Lipinski definition) is 3. The molecule has 6 rings (SSSR count). The topological polar surface area (TPSA) is 101 Å². The van der Waals surface area contributed by atoms with E-state index in [4.69, 9.17) is 4.74 Å². The Morgan fingerprint density at radius 1 is 1.03 bits per heavy atom. The number of halogens is 1. The molecule has 2 aliphatic rings. The summed E-state index contributed by atoms with van der Waals surface area (Å²) in [5, 5.41) is 6.61. The molecule has 2 saturated heterocycles. The first-order valence-electron chi connectivity index (χ1n) is 12.8. The lowest BCUT2D eigenvalue weighted by atomic mass is 10.2. The van der Waals surface area contributed by atoms with Crippen LogP contribution in [0.15, 0.2) is 61.3 Å². The molecule has 39 heavy (non-hydrogen) atoms. The van der Waals surface area contributed by atoms with E-state index >= 15 is 4.39 Å². The van der Waals surface area contributed by atoms with Crippen molar-refractivity contribution in [3.8, 4) is 11.6 Å². The first-order chi connectivity index (χ1) is 19.0. The number of nitrogens with one attached hydrogen (secondary N) is 3. The van der Waals surface area contributed by atoms with Gasteiger partial charge in [-0.15, -0.1) is 0 Å². The summed E-state index contributed by atoms with van der Waals surface area (Å²) in [6.07, 6.45) is 3.09. The summed E-state index contributed by atoms with van der Waals surface area (Å²) in [5.41, 5.74) is 3.23. The number of aromatic amines is 1. The van der Waals surface area contributed by atoms with E-state index in [1.807, 2.05) is 12.3 Å². The lowest BCUT2D eigenvalue weighted by Crippen LogP contribution is -2.44. The third-order valence-electron chi connectivity index (χ3n) is 6.81. The lowest BCUT2D eigenvalue weighted by Gasteiger charge is -2.34. The number of anilines is 5. The molecule has 10 nitrogen and oxygen atoms in total. The number of rotatable bonds is 8. The molecule has 2 aromatic carbocycles. The van der Waals surface area contributed by atoms with Crippen LogP contribution < -0.4 is 25.2 Å². The third kappa shape index (κ3) is 5.34. The Kier molecular flexibility index (Phi) is 6.49. The van der Waals surface area contributed by atoms with Crippen molar-refractivity contribution >= 4 is 45.6 Å². The molecule has 3 N–H and O–H groups in total. The highest BCUT2D eigenvalue weighted by atomic mass is 19.1. The second-order valence-corrected chi connectivity index (χ2v) is 9.64. The van der Waals surface area contributed by atoms with Gasteiger partial charge in [-0.25, -0.2) is 4.39 Å². The molecule has 4 aromatic rings. The maximum absolute atomic E-state index is 15.1. The number of piperazine rings is 1. The maximum Gasteiger partial charge on any atom is 0.247 e. The normalized spacial score (nSPS) is 15.3. The number of aromatic nitrogens is 3. The smallest absolute Gasteiger partial charge is 0.247 e. The van der Waals surface area contributed by atoms with Crippen LogP contribution in [0.3, 0.4) is 0 Å². The standard InChI is InChI=1S/C28H29FN8O2/c1-3-24(38)31-18-5-4-6-20(15-18)39-27-25-23(37-13-14-37)17-30-26(25)33-28(34-27)32-19-7-8-22(21(29)16-19)36-11-9-35(2)10-12-36/h3-8,15-17H,1,9-14H2,2H3,(H,31,38)(H2,30,32,33,34). The van der Waals surface area contributed by atoms with Gasteiger partial charge in [0, 0.05) is 62.9 Å². The molecule has 2 aliphatic heterocycles. The predicted octanol–water partition coefficient (Wildman–Crippen LogP) is 4.33. The van der Waals surface area contributed by atoms with Crippen LogP contribution in [0.25, 0.3) is 11.0 Å². The van der Waals surface area contributed by atoms with Crippen LogP contribution in [-0.4, -0.2) is 72.1 Å². The van der Waals surface area contributed by atoms with Gasteiger partial charge in [-0.05, 0) is 43.5 Å². The molecular weight excluding hydrogens is 499 g/mol. The van der Waals surface area contributed by atoms with E-state index in [2.05, 4.69) is 53.9 Å². The van der Waals surface area contributed by atoms with E-state index in [-0.39, 0.29) is 17.7 Å². The summed E-state index contributed by atoms with van der Waals surface area (Å²) in [5.74, 6) is 0.475. The van der Waals surface area contributed by atoms with Gasteiger partial charge in [0.25, 0.3) is 0 Å². The Labute approximate surface area is 225 Å². The highest BCUT2D eigenvalue weighted by molar-refractivity contribution is 5.99. The Morgan fingerprint density at radius 3 is 2.54 bits per heavy atom. The maximum atomic E-state index is 15.1. The number of H-pyrrole nitrogens is 1. The first-order valence-corrected chi connectivity index (χ1v) is 12.8. The largest absolute Gasteiger partial charge is 0.438 e. The molecule has 0 aliphatic carbocycles. The zero-order valence-corrected chi connectivity index (χ0v) is 21.6. The van der Waals surface area contributed by atoms with Crippen molar-refractivity contribution in [2.75, 3.05) is 66.7 Å². The summed E-state index contributed by atoms with van der Waals surface area (Å²) >= 11 is 0. The average Bonchev–Trinajstić information content (AvgIpc) is 3.68. The van der Waals surface area contributed by atoms with E-state index in [9.17, 15) is 4.79 Å². The van der Waals surface area contributed by atoms with Crippen LogP contribution in [-0.2, 0) is 4.79 Å². The molecule has 0 radical (unpaired) electrons. The Balaban J connectivity index is 1.29. The van der Waals surface area contributed by atoms with Gasteiger partial charge >= 0.3 is 0 Å². The van der Waals surface area contributed by atoms with Gasteiger partial charge < -0.3 is 35.1 Å². The lowest BCUT2D eigenvalue weighted by molar-refractivity contribution is -0.111. The van der Waals surface area contributed by atoms with Gasteiger partial charge in [-0.2, -0.15) is 9.97 Å². The SMILES string of the molecule is C=CC(=O)Nc1cccc(Oc2nc(Nc3ccc(N4CCN(C)CC4)c(F)c3)nc3[nH]cc(N4CC4)c23)c1. The number of benzene rings is 2. The molecule has 0 bridgehead atoms. The van der Waals surface area contributed by atoms with E-state index in [0.717, 1.165) is 50.3 Å². The fourth-order valence-electron chi connectivity index (χ4n) is 4.61. The van der Waals surface area contributed by atoms with E-state index in [0.29, 0.717) is 34.3 Å². The Hall–Kier alpha value is -4.64. The van der Waals surface area contributed by atoms with Gasteiger partial charge in [0.1, 0.15) is 22.6 Å². The minimum absolute atomic E-state index is 0.263. The molecule has 2 fully saturated rings. The van der Waals surface area contributed by atoms with Crippen LogP contribution in [0.1, 0.15) is 0 Å². The molecule has 1 amide bonds. The molecule has 0 atom stereocenters. The average molecular weight is 529 g/mol. The van der Waals surface area contributed by atoms with Crippen LogP contribution in [0.2, 0.25) is 0 Å². The van der Waals surface area contributed by atoms with Crippen molar-refractivity contribution in [3.63, 3.8) is 0 Å². The van der Waals surface area contributed by atoms with Crippen molar-refractivity contribution in [1.29, 1.82) is 0 Å². The fourth-order valence-corrected chi connectivity index (χ4v) is 4.61. The zero-order chi connectivity index (χ0) is 26.9. The summed E-state index contributed by atoms with van der Waals surface area (Å²) in [6.45, 7) is 8.72. The zero-order valence-electron chi connectivity index (χ0n) is 21.6. The van der Waals surface area contributed by atoms with Gasteiger partial charge in [-0.3, -0.25) is 4.79 Å². The van der Waals surface area contributed by atoms with Crippen molar-refractivity contribution in [2.24, 2.45) is 0 Å². The predicted molar refractivity (Wildman–Crippen MR) is 151 cm³/mol. The Bertz CT molecular complexity index is 1540. The number of carbonyl (C=O) groups is 1. The second kappa shape index (κ2) is 10.3. The molecule has 200 valence electrons. The second-order valence-electron chi connectivity index (χ2n) is 9.64. The number of hydrogen-bond acceptors (Lipinski definition) is 8. The molecule has 0 spiro atoms. The van der Waals surface area contributed by atoms with Crippen LogP contribution in [0.5, 0.6) is 11.6 Å². The third-order valence-corrected chi connectivity index (χ3v) is 6.81. The summed E-state index contributed by atoms with van der Waals surface area (Å²) in [4.78, 5) is 30.7. The van der Waals surface area contributed by atoms with Crippen LogP contribution >= 0.6 is 0 Å². The van der Waals surface area contributed by atoms with E-state index in [1.165, 1.54) is 12.1 Å². The molecule has 0 saturated carbocycles. The monoisotopic (exact) mass is 528 g/mol. The minimum Gasteiger partial charge on any atom is -0.438 e. The van der Waals surface area contributed by atoms with Crippen LogP contribution in [0, 0.1) is 5.82 Å². The molecule has 4 heterocycles. The first kappa shape index (κ1) is 24.7. The number of ether oxygens (including phenoxy) is 1. The van der Waals surface area contributed by atoms with Crippen molar-refractivity contribution in [1.82, 2.24) is 19.9 Å². The fraction of sp³-hybridized carbons (Fsp3) is 0.250. The number of fused-ring (bicyclic) bond motifs is 1. The molecular formula is C28H29FN8O2. The summed E-state index contributed by atoms with van der Waals surface area (Å²) < 4.78 is 21.3. The Morgan fingerprint density at radius 2 is 1.79 bits per heavy atom. The van der Waals surface area contributed by atoms with E-state index in [1.54, 1.807) is 30.3 Å². The van der Waals surface area contributed by atoms with Crippen molar-refractivity contribution in [2.45, 2.75) is 0 Å². The minimum atomic E-state index is -0.316. The number of carbonyl (C=O) groups excluding carboxylic acids is 1. The molecule has 2 aromatic heterocycles. The van der Waals surface area contributed by atoms with Crippen molar-refractivity contribution in [3.05, 3.63) is 67.1 Å². The van der Waals surface area contributed by atoms with Crippen LogP contribution in [0.4, 0.5) is 33.1 Å². The van der Waals surface area contributed by atoms with Gasteiger partial charge in [0.2, 0.25) is 17.7 Å². The number of nitrogens with zero attached hydrogens (tertiary/aromatic N) is 5. The van der Waals surface area contributed by atoms with E-state index < -0.39 is 0 Å². The number of likely N-dealkylation sites (N-methyl/N-ethyl adjacent to an activating group) is 1. The highest BCUT2D eigenvalue weighted by Crippen LogP contribution is 2.38. The summed E-state index contributed by atoms with van der Waals surface area (Å²) in [6, 6.07) is 12.1. The number of amides is 1. The molecule has 11 heteroatoms. The highest BCUT2D eigenvalue weighted by Gasteiger charge is 2.26. The van der Waals surface area contributed by atoms with Gasteiger partial charge in [-0.1, -0.05) is 12.6 Å². The van der Waals surface area contributed by atoms with Crippen molar-refractivity contribution < 1.29 is 13.9 Å². The van der Waals surface area contributed by atoms with Gasteiger partial charge in [0.05, 0.1) is 11.4 Å². The summed E-state index contributed by atoms with van der Waals surface area (Å²) in [7, 11) is 2.07. The quantitative estimate of drug-likeness (QED) is 0.230. The molecule has 0 unspecified atom stereocenters.